The van der Waals surface area contributed by atoms with E-state index in [1.807, 2.05) is 24.7 Å². The third-order valence-corrected chi connectivity index (χ3v) is 2.92. The lowest BCUT2D eigenvalue weighted by Gasteiger charge is -2.05. The van der Waals surface area contributed by atoms with Crippen molar-refractivity contribution >= 4 is 17.5 Å². The fourth-order valence-electron chi connectivity index (χ4n) is 0.707. The molecule has 0 aliphatic carbocycles. The van der Waals surface area contributed by atoms with E-state index in [9.17, 15) is 4.79 Å². The first-order chi connectivity index (χ1) is 5.61. The molecule has 1 heterocycles. The predicted molar refractivity (Wildman–Crippen MR) is 49.2 cm³/mol. The van der Waals surface area contributed by atoms with E-state index in [2.05, 4.69) is 4.98 Å². The van der Waals surface area contributed by atoms with Crippen molar-refractivity contribution in [1.29, 1.82) is 0 Å². The van der Waals surface area contributed by atoms with E-state index in [4.69, 9.17) is 0 Å². The van der Waals surface area contributed by atoms with Crippen LogP contribution < -0.4 is 0 Å². The smallest absolute Gasteiger partial charge is 0.168 e. The molecule has 3 nitrogen and oxygen atoms in total. The summed E-state index contributed by atoms with van der Waals surface area (Å²) in [5.74, 6) is 0.183. The van der Waals surface area contributed by atoms with E-state index in [-0.39, 0.29) is 11.0 Å². The Labute approximate surface area is 76.2 Å². The summed E-state index contributed by atoms with van der Waals surface area (Å²) in [6, 6.07) is 0. The number of rotatable bonds is 3. The largest absolute Gasteiger partial charge is 0.329 e. The van der Waals surface area contributed by atoms with Gasteiger partial charge in [0.2, 0.25) is 0 Å². The zero-order chi connectivity index (χ0) is 9.14. The number of hydrogen-bond acceptors (Lipinski definition) is 3. The highest BCUT2D eigenvalue weighted by Gasteiger charge is 2.11. The molecule has 0 aromatic carbocycles. The minimum Gasteiger partial charge on any atom is -0.329 e. The van der Waals surface area contributed by atoms with Gasteiger partial charge in [0.15, 0.2) is 5.16 Å². The van der Waals surface area contributed by atoms with E-state index in [0.717, 1.165) is 5.16 Å². The second-order valence-electron chi connectivity index (χ2n) is 2.69. The first-order valence-electron chi connectivity index (χ1n) is 3.75. The van der Waals surface area contributed by atoms with Gasteiger partial charge in [-0.3, -0.25) is 4.79 Å². The Morgan fingerprint density at radius 3 is 2.83 bits per heavy atom. The van der Waals surface area contributed by atoms with Gasteiger partial charge in [-0.2, -0.15) is 0 Å². The van der Waals surface area contributed by atoms with Crippen molar-refractivity contribution in [2.24, 2.45) is 7.05 Å². The third-order valence-electron chi connectivity index (χ3n) is 1.63. The van der Waals surface area contributed by atoms with Crippen LogP contribution in [-0.4, -0.2) is 20.6 Å². The fraction of sp³-hybridized carbons (Fsp3) is 0.500. The van der Waals surface area contributed by atoms with Gasteiger partial charge in [0.05, 0.1) is 5.25 Å². The highest BCUT2D eigenvalue weighted by molar-refractivity contribution is 8.00. The summed E-state index contributed by atoms with van der Waals surface area (Å²) in [4.78, 5) is 15.0. The maximum atomic E-state index is 10.9. The SMILES string of the molecule is CC(=O)C(C)Sc1nccn1C. The monoisotopic (exact) mass is 184 g/mol. The van der Waals surface area contributed by atoms with Crippen molar-refractivity contribution in [3.63, 3.8) is 0 Å². The zero-order valence-corrected chi connectivity index (χ0v) is 8.26. The van der Waals surface area contributed by atoms with E-state index in [0.29, 0.717) is 0 Å². The van der Waals surface area contributed by atoms with Crippen molar-refractivity contribution in [1.82, 2.24) is 9.55 Å². The van der Waals surface area contributed by atoms with Crippen LogP contribution in [0.25, 0.3) is 0 Å². The van der Waals surface area contributed by atoms with Crippen molar-refractivity contribution in [2.75, 3.05) is 0 Å². The van der Waals surface area contributed by atoms with E-state index < -0.39 is 0 Å². The van der Waals surface area contributed by atoms with Gasteiger partial charge in [0.25, 0.3) is 0 Å². The first kappa shape index (κ1) is 9.32. The number of aromatic nitrogens is 2. The molecule has 1 unspecified atom stereocenters. The Hall–Kier alpha value is -0.770. The summed E-state index contributed by atoms with van der Waals surface area (Å²) in [7, 11) is 1.92. The standard InChI is InChI=1S/C8H12N2OS/c1-6(11)7(2)12-8-9-4-5-10(8)3/h4-5,7H,1-3H3. The van der Waals surface area contributed by atoms with Crippen LogP contribution in [0.15, 0.2) is 17.6 Å². The summed E-state index contributed by atoms with van der Waals surface area (Å²) >= 11 is 1.49. The van der Waals surface area contributed by atoms with Crippen molar-refractivity contribution < 1.29 is 4.79 Å². The van der Waals surface area contributed by atoms with Crippen molar-refractivity contribution in [3.8, 4) is 0 Å². The van der Waals surface area contributed by atoms with Gasteiger partial charge < -0.3 is 4.57 Å². The third kappa shape index (κ3) is 2.11. The van der Waals surface area contributed by atoms with Gasteiger partial charge in [0.1, 0.15) is 5.78 Å². The van der Waals surface area contributed by atoms with Crippen LogP contribution in [0, 0.1) is 0 Å². The summed E-state index contributed by atoms with van der Waals surface area (Å²) in [6.07, 6.45) is 3.60. The Balaban J connectivity index is 2.64. The van der Waals surface area contributed by atoms with Gasteiger partial charge >= 0.3 is 0 Å². The Morgan fingerprint density at radius 1 is 1.75 bits per heavy atom. The van der Waals surface area contributed by atoms with Crippen LogP contribution in [-0.2, 0) is 11.8 Å². The zero-order valence-electron chi connectivity index (χ0n) is 7.44. The average Bonchev–Trinajstić information content (AvgIpc) is 2.36. The molecule has 0 saturated heterocycles. The molecular formula is C8H12N2OS. The lowest BCUT2D eigenvalue weighted by Crippen LogP contribution is -2.09. The predicted octanol–water partition coefficient (Wildman–Crippen LogP) is 1.49. The van der Waals surface area contributed by atoms with Crippen molar-refractivity contribution in [3.05, 3.63) is 12.4 Å². The highest BCUT2D eigenvalue weighted by atomic mass is 32.2. The Kier molecular flexibility index (Phi) is 2.92. The molecule has 4 heteroatoms. The molecule has 12 heavy (non-hydrogen) atoms. The number of aryl methyl sites for hydroxylation is 1. The molecule has 0 radical (unpaired) electrons. The second kappa shape index (κ2) is 3.76. The maximum absolute atomic E-state index is 10.9. The molecular weight excluding hydrogens is 172 g/mol. The second-order valence-corrected chi connectivity index (χ2v) is 4.00. The molecule has 0 bridgehead atoms. The molecule has 0 saturated carbocycles. The van der Waals surface area contributed by atoms with Crippen LogP contribution in [0.5, 0.6) is 0 Å². The maximum Gasteiger partial charge on any atom is 0.168 e. The number of thioether (sulfide) groups is 1. The number of nitrogens with zero attached hydrogens (tertiary/aromatic N) is 2. The molecule has 0 aliphatic heterocycles. The number of carbonyl (C=O) groups excluding carboxylic acids is 1. The van der Waals surface area contributed by atoms with Crippen LogP contribution in [0.4, 0.5) is 0 Å². The van der Waals surface area contributed by atoms with Gasteiger partial charge in [-0.05, 0) is 13.8 Å². The quantitative estimate of drug-likeness (QED) is 0.667. The lowest BCUT2D eigenvalue weighted by atomic mass is 10.3. The fourth-order valence-corrected chi connectivity index (χ4v) is 1.54. The van der Waals surface area contributed by atoms with Gasteiger partial charge in [0, 0.05) is 19.4 Å². The molecule has 1 rings (SSSR count). The minimum atomic E-state index is -0.00824. The summed E-state index contributed by atoms with van der Waals surface area (Å²) < 4.78 is 1.91. The van der Waals surface area contributed by atoms with Crippen LogP contribution in [0.1, 0.15) is 13.8 Å². The molecule has 66 valence electrons. The van der Waals surface area contributed by atoms with E-state index in [1.54, 1.807) is 13.1 Å². The normalized spacial score (nSPS) is 12.9. The lowest BCUT2D eigenvalue weighted by molar-refractivity contribution is -0.116. The topological polar surface area (TPSA) is 34.9 Å². The minimum absolute atomic E-state index is 0.00824. The van der Waals surface area contributed by atoms with Crippen LogP contribution in [0.2, 0.25) is 0 Å². The van der Waals surface area contributed by atoms with E-state index >= 15 is 0 Å². The summed E-state index contributed by atoms with van der Waals surface area (Å²) in [5.41, 5.74) is 0. The molecule has 0 spiro atoms. The number of imidazole rings is 1. The average molecular weight is 184 g/mol. The van der Waals surface area contributed by atoms with Gasteiger partial charge in [-0.15, -0.1) is 0 Å². The molecule has 0 N–H and O–H groups in total. The van der Waals surface area contributed by atoms with Gasteiger partial charge in [-0.1, -0.05) is 11.8 Å². The first-order valence-corrected chi connectivity index (χ1v) is 4.63. The molecule has 1 aromatic rings. The molecule has 0 amide bonds. The van der Waals surface area contributed by atoms with Crippen LogP contribution >= 0.6 is 11.8 Å². The molecule has 0 fully saturated rings. The number of Topliss-reactive ketones (excluding diaryl/α,β-unsaturated/α-hetero) is 1. The van der Waals surface area contributed by atoms with Gasteiger partial charge in [-0.25, -0.2) is 4.98 Å². The highest BCUT2D eigenvalue weighted by Crippen LogP contribution is 2.20. The van der Waals surface area contributed by atoms with E-state index in [1.165, 1.54) is 11.8 Å². The molecule has 1 atom stereocenters. The summed E-state index contributed by atoms with van der Waals surface area (Å²) in [5, 5.41) is 0.879. The molecule has 0 aliphatic rings. The van der Waals surface area contributed by atoms with Crippen LogP contribution in [0.3, 0.4) is 0 Å². The summed E-state index contributed by atoms with van der Waals surface area (Å²) in [6.45, 7) is 3.49. The Bertz CT molecular complexity index is 282. The number of carbonyl (C=O) groups is 1. The van der Waals surface area contributed by atoms with Crippen molar-refractivity contribution in [2.45, 2.75) is 24.3 Å². The number of ketones is 1. The Morgan fingerprint density at radius 2 is 2.42 bits per heavy atom. The number of hydrogen-bond donors (Lipinski definition) is 0. The molecule has 1 aromatic heterocycles.